The molecule has 20 heavy (non-hydrogen) atoms. The van der Waals surface area contributed by atoms with Gasteiger partial charge in [0.2, 0.25) is 0 Å². The Morgan fingerprint density at radius 1 is 1.15 bits per heavy atom. The van der Waals surface area contributed by atoms with Gasteiger partial charge in [-0.2, -0.15) is 0 Å². The molecule has 0 saturated carbocycles. The lowest BCUT2D eigenvalue weighted by molar-refractivity contribution is 0.488. The first-order valence-electron chi connectivity index (χ1n) is 7.07. The van der Waals surface area contributed by atoms with Crippen molar-refractivity contribution in [1.29, 1.82) is 0 Å². The quantitative estimate of drug-likeness (QED) is 0.791. The van der Waals surface area contributed by atoms with Crippen LogP contribution in [0.4, 0.5) is 0 Å². The smallest absolute Gasteiger partial charge is 0.0519 e. The van der Waals surface area contributed by atoms with E-state index in [4.69, 9.17) is 5.73 Å². The van der Waals surface area contributed by atoms with Gasteiger partial charge in [-0.25, -0.2) is 0 Å². The molecule has 0 amide bonds. The number of nitrogens with two attached hydrogens (primary N) is 1. The van der Waals surface area contributed by atoms with Gasteiger partial charge in [-0.3, -0.25) is 4.98 Å². The molecule has 3 aromatic rings. The van der Waals surface area contributed by atoms with E-state index in [1.807, 2.05) is 12.4 Å². The van der Waals surface area contributed by atoms with Gasteiger partial charge >= 0.3 is 0 Å². The van der Waals surface area contributed by atoms with Crippen LogP contribution in [0, 0.1) is 0 Å². The van der Waals surface area contributed by atoms with Crippen LogP contribution < -0.4 is 5.73 Å². The molecular formula is C17H21N3. The number of nitrogens with zero attached hydrogens (tertiary/aromatic N) is 2. The fourth-order valence-corrected chi connectivity index (χ4v) is 2.99. The zero-order chi connectivity index (χ0) is 14.3. The molecule has 0 unspecified atom stereocenters. The van der Waals surface area contributed by atoms with Crippen LogP contribution >= 0.6 is 0 Å². The molecule has 0 aliphatic rings. The molecule has 104 valence electrons. The third-order valence-corrected chi connectivity index (χ3v) is 4.36. The summed E-state index contributed by atoms with van der Waals surface area (Å²) >= 11 is 0. The van der Waals surface area contributed by atoms with Gasteiger partial charge in [0, 0.05) is 35.7 Å². The highest BCUT2D eigenvalue weighted by Gasteiger charge is 2.20. The molecule has 0 radical (unpaired) electrons. The molecule has 0 bridgehead atoms. The monoisotopic (exact) mass is 267 g/mol. The maximum atomic E-state index is 5.75. The molecule has 1 aromatic carbocycles. The molecule has 0 aliphatic carbocycles. The summed E-state index contributed by atoms with van der Waals surface area (Å²) < 4.78 is 2.23. The van der Waals surface area contributed by atoms with E-state index in [0.29, 0.717) is 6.54 Å². The molecule has 3 rings (SSSR count). The maximum absolute atomic E-state index is 5.75. The van der Waals surface area contributed by atoms with Crippen molar-refractivity contribution in [1.82, 2.24) is 9.55 Å². The first-order chi connectivity index (χ1) is 9.54. The summed E-state index contributed by atoms with van der Waals surface area (Å²) in [5.74, 6) is 0. The van der Waals surface area contributed by atoms with Gasteiger partial charge in [-0.05, 0) is 42.1 Å². The average molecular weight is 267 g/mol. The highest BCUT2D eigenvalue weighted by atomic mass is 14.9. The summed E-state index contributed by atoms with van der Waals surface area (Å²) in [6.07, 6.45) is 4.79. The predicted molar refractivity (Wildman–Crippen MR) is 84.9 cm³/mol. The number of rotatable bonds is 3. The van der Waals surface area contributed by atoms with Crippen molar-refractivity contribution < 1.29 is 0 Å². The number of hydrogen-bond acceptors (Lipinski definition) is 2. The minimum atomic E-state index is 0.104. The number of aryl methyl sites for hydroxylation is 1. The molecule has 2 aromatic heterocycles. The van der Waals surface area contributed by atoms with Gasteiger partial charge in [-0.1, -0.05) is 19.9 Å². The third-order valence-electron chi connectivity index (χ3n) is 4.36. The second-order valence-electron chi connectivity index (χ2n) is 6.11. The van der Waals surface area contributed by atoms with Gasteiger partial charge in [0.05, 0.1) is 5.52 Å². The van der Waals surface area contributed by atoms with Crippen molar-refractivity contribution in [2.24, 2.45) is 12.8 Å². The van der Waals surface area contributed by atoms with E-state index in [2.05, 4.69) is 54.7 Å². The van der Waals surface area contributed by atoms with Crippen molar-refractivity contribution in [2.75, 3.05) is 6.54 Å². The lowest BCUT2D eigenvalue weighted by atomic mass is 9.81. The summed E-state index contributed by atoms with van der Waals surface area (Å²) in [5.41, 5.74) is 9.67. The minimum absolute atomic E-state index is 0.104. The first kappa shape index (κ1) is 13.1. The van der Waals surface area contributed by atoms with Crippen molar-refractivity contribution in [3.8, 4) is 0 Å². The van der Waals surface area contributed by atoms with Gasteiger partial charge in [0.1, 0.15) is 0 Å². The zero-order valence-electron chi connectivity index (χ0n) is 12.4. The third kappa shape index (κ3) is 1.90. The fraction of sp³-hybridized carbons (Fsp3) is 0.353. The zero-order valence-corrected chi connectivity index (χ0v) is 12.4. The fourth-order valence-electron chi connectivity index (χ4n) is 2.99. The molecule has 2 N–H and O–H groups in total. The van der Waals surface area contributed by atoms with E-state index in [1.54, 1.807) is 0 Å². The van der Waals surface area contributed by atoms with Crippen molar-refractivity contribution >= 4 is 21.8 Å². The van der Waals surface area contributed by atoms with Crippen LogP contribution in [0.3, 0.4) is 0 Å². The van der Waals surface area contributed by atoms with Crippen LogP contribution in [0.25, 0.3) is 21.8 Å². The molecule has 0 spiro atoms. The summed E-state index contributed by atoms with van der Waals surface area (Å²) in [4.78, 5) is 4.27. The SMILES string of the molecule is Cn1c2ccncc2c2cc(C(C)(C)CCN)ccc21. The Morgan fingerprint density at radius 3 is 2.65 bits per heavy atom. The highest BCUT2D eigenvalue weighted by molar-refractivity contribution is 6.07. The molecule has 3 nitrogen and oxygen atoms in total. The Kier molecular flexibility index (Phi) is 3.02. The van der Waals surface area contributed by atoms with Crippen LogP contribution in [-0.4, -0.2) is 16.1 Å². The lowest BCUT2D eigenvalue weighted by Gasteiger charge is -2.24. The van der Waals surface area contributed by atoms with Crippen molar-refractivity contribution in [3.63, 3.8) is 0 Å². The Morgan fingerprint density at radius 2 is 1.90 bits per heavy atom. The summed E-state index contributed by atoms with van der Waals surface area (Å²) in [6.45, 7) is 5.22. The number of benzene rings is 1. The summed E-state index contributed by atoms with van der Waals surface area (Å²) in [5, 5.41) is 2.49. The lowest BCUT2D eigenvalue weighted by Crippen LogP contribution is -2.21. The largest absolute Gasteiger partial charge is 0.344 e. The van der Waals surface area contributed by atoms with Gasteiger partial charge in [-0.15, -0.1) is 0 Å². The maximum Gasteiger partial charge on any atom is 0.0519 e. The highest BCUT2D eigenvalue weighted by Crippen LogP contribution is 2.33. The molecule has 0 saturated heterocycles. The van der Waals surface area contributed by atoms with Gasteiger partial charge < -0.3 is 10.3 Å². The van der Waals surface area contributed by atoms with Crippen LogP contribution in [0.5, 0.6) is 0 Å². The molecule has 0 fully saturated rings. The topological polar surface area (TPSA) is 43.8 Å². The van der Waals surface area contributed by atoms with E-state index in [0.717, 1.165) is 6.42 Å². The van der Waals surface area contributed by atoms with E-state index in [-0.39, 0.29) is 5.41 Å². The second-order valence-corrected chi connectivity index (χ2v) is 6.11. The van der Waals surface area contributed by atoms with Crippen LogP contribution in [0.15, 0.2) is 36.7 Å². The van der Waals surface area contributed by atoms with E-state index >= 15 is 0 Å². The Bertz CT molecular complexity index is 768. The van der Waals surface area contributed by atoms with E-state index < -0.39 is 0 Å². The Labute approximate surface area is 119 Å². The number of pyridine rings is 1. The van der Waals surface area contributed by atoms with Crippen LogP contribution in [0.2, 0.25) is 0 Å². The predicted octanol–water partition coefficient (Wildman–Crippen LogP) is 3.35. The summed E-state index contributed by atoms with van der Waals surface area (Å²) in [7, 11) is 2.11. The number of hydrogen-bond donors (Lipinski definition) is 1. The standard InChI is InChI=1S/C17H21N3/c1-17(2,7-8-18)12-4-5-15-13(10-12)14-11-19-9-6-16(14)20(15)3/h4-6,9-11H,7-8,18H2,1-3H3. The molecule has 0 atom stereocenters. The second kappa shape index (κ2) is 4.60. The van der Waals surface area contributed by atoms with Crippen molar-refractivity contribution in [2.45, 2.75) is 25.7 Å². The average Bonchev–Trinajstić information content (AvgIpc) is 2.73. The first-order valence-corrected chi connectivity index (χ1v) is 7.07. The number of aromatic nitrogens is 2. The molecule has 0 aliphatic heterocycles. The van der Waals surface area contributed by atoms with E-state index in [1.165, 1.54) is 27.4 Å². The molecule has 3 heteroatoms. The Balaban J connectivity index is 2.28. The van der Waals surface area contributed by atoms with Gasteiger partial charge in [0.15, 0.2) is 0 Å². The minimum Gasteiger partial charge on any atom is -0.344 e. The Hall–Kier alpha value is -1.87. The van der Waals surface area contributed by atoms with Crippen LogP contribution in [0.1, 0.15) is 25.8 Å². The van der Waals surface area contributed by atoms with Gasteiger partial charge in [0.25, 0.3) is 0 Å². The van der Waals surface area contributed by atoms with Crippen LogP contribution in [-0.2, 0) is 12.5 Å². The van der Waals surface area contributed by atoms with E-state index in [9.17, 15) is 0 Å². The van der Waals surface area contributed by atoms with Crippen molar-refractivity contribution in [3.05, 3.63) is 42.2 Å². The molecular weight excluding hydrogens is 246 g/mol. The molecule has 2 heterocycles. The normalized spacial score (nSPS) is 12.4. The number of fused-ring (bicyclic) bond motifs is 3. The summed E-state index contributed by atoms with van der Waals surface area (Å²) in [6, 6.07) is 8.81.